The van der Waals surface area contributed by atoms with E-state index in [1.54, 1.807) is 11.3 Å². The molecule has 0 radical (unpaired) electrons. The van der Waals surface area contributed by atoms with Crippen molar-refractivity contribution in [3.8, 4) is 10.8 Å². The molecule has 0 amide bonds. The molecule has 2 aliphatic rings. The number of hydrogen-bond acceptors (Lipinski definition) is 5. The van der Waals surface area contributed by atoms with Crippen LogP contribution in [0.25, 0.3) is 10.1 Å². The summed E-state index contributed by atoms with van der Waals surface area (Å²) in [7, 11) is 2.18. The Morgan fingerprint density at radius 3 is 2.69 bits per heavy atom. The van der Waals surface area contributed by atoms with Gasteiger partial charge >= 0.3 is 0 Å². The molecule has 0 spiro atoms. The molecule has 1 aromatic heterocycles. The number of ether oxygens (including phenoxy) is 1. The van der Waals surface area contributed by atoms with Crippen LogP contribution in [0.5, 0.6) is 10.8 Å². The molecule has 0 aliphatic carbocycles. The lowest BCUT2D eigenvalue weighted by Gasteiger charge is -2.34. The summed E-state index contributed by atoms with van der Waals surface area (Å²) in [5.74, 6) is 1.90. The second-order valence-electron chi connectivity index (χ2n) is 7.06. The van der Waals surface area contributed by atoms with Gasteiger partial charge in [0.25, 0.3) is 0 Å². The van der Waals surface area contributed by atoms with E-state index in [1.807, 2.05) is 0 Å². The number of amidine groups is 1. The molecule has 0 N–H and O–H groups in total. The zero-order chi connectivity index (χ0) is 17.7. The van der Waals surface area contributed by atoms with Gasteiger partial charge in [0, 0.05) is 36.3 Å². The van der Waals surface area contributed by atoms with Gasteiger partial charge in [-0.2, -0.15) is 0 Å². The van der Waals surface area contributed by atoms with Gasteiger partial charge in [-0.1, -0.05) is 35.6 Å². The first-order valence-corrected chi connectivity index (χ1v) is 9.83. The summed E-state index contributed by atoms with van der Waals surface area (Å²) in [6.45, 7) is 6.17. The van der Waals surface area contributed by atoms with Gasteiger partial charge < -0.3 is 14.5 Å². The van der Waals surface area contributed by atoms with Gasteiger partial charge in [-0.25, -0.2) is 4.99 Å². The molecule has 26 heavy (non-hydrogen) atoms. The van der Waals surface area contributed by atoms with Gasteiger partial charge in [0.1, 0.15) is 11.5 Å². The average molecular weight is 363 g/mol. The summed E-state index contributed by atoms with van der Waals surface area (Å²) < 4.78 is 7.62. The monoisotopic (exact) mass is 363 g/mol. The van der Waals surface area contributed by atoms with Crippen LogP contribution in [0.1, 0.15) is 11.1 Å². The van der Waals surface area contributed by atoms with E-state index in [0.717, 1.165) is 54.1 Å². The Hall–Kier alpha value is -2.37. The number of benzene rings is 2. The summed E-state index contributed by atoms with van der Waals surface area (Å²) in [5.41, 5.74) is 3.24. The molecular weight excluding hydrogens is 342 g/mol. The Bertz CT molecular complexity index is 1020. The minimum Gasteiger partial charge on any atom is -0.444 e. The number of thiophene rings is 1. The quantitative estimate of drug-likeness (QED) is 0.582. The van der Waals surface area contributed by atoms with E-state index in [-0.39, 0.29) is 0 Å². The molecule has 0 bridgehead atoms. The largest absolute Gasteiger partial charge is 0.444 e. The highest BCUT2D eigenvalue weighted by atomic mass is 32.1. The van der Waals surface area contributed by atoms with Gasteiger partial charge in [0.05, 0.1) is 5.56 Å². The first-order chi connectivity index (χ1) is 12.7. The van der Waals surface area contributed by atoms with Crippen molar-refractivity contribution in [3.63, 3.8) is 0 Å². The molecule has 5 heteroatoms. The van der Waals surface area contributed by atoms with Crippen molar-refractivity contribution in [2.75, 3.05) is 33.2 Å². The minimum atomic E-state index is 0.849. The predicted molar refractivity (Wildman–Crippen MR) is 108 cm³/mol. The first-order valence-electron chi connectivity index (χ1n) is 9.01. The normalized spacial score (nSPS) is 17.3. The number of hydrogen-bond donors (Lipinski definition) is 0. The van der Waals surface area contributed by atoms with E-state index in [9.17, 15) is 0 Å². The number of nitrogens with zero attached hydrogens (tertiary/aromatic N) is 3. The van der Waals surface area contributed by atoms with Gasteiger partial charge in [-0.15, -0.1) is 0 Å². The van der Waals surface area contributed by atoms with Crippen LogP contribution in [-0.2, 0) is 0 Å². The fourth-order valence-corrected chi connectivity index (χ4v) is 4.68. The Morgan fingerprint density at radius 2 is 1.85 bits per heavy atom. The van der Waals surface area contributed by atoms with Crippen LogP contribution in [0.15, 0.2) is 47.5 Å². The molecule has 2 aliphatic heterocycles. The topological polar surface area (TPSA) is 28.1 Å². The molecule has 3 heterocycles. The zero-order valence-electron chi connectivity index (χ0n) is 15.0. The highest BCUT2D eigenvalue weighted by Gasteiger charge is 2.28. The van der Waals surface area contributed by atoms with E-state index >= 15 is 0 Å². The highest BCUT2D eigenvalue weighted by molar-refractivity contribution is 7.21. The first kappa shape index (κ1) is 15.9. The van der Waals surface area contributed by atoms with Crippen LogP contribution in [0, 0.1) is 6.92 Å². The van der Waals surface area contributed by atoms with Crippen molar-refractivity contribution in [1.29, 1.82) is 0 Å². The number of likely N-dealkylation sites (N-methyl/N-ethyl adjacent to an activating group) is 1. The number of piperazine rings is 1. The Morgan fingerprint density at radius 1 is 1.04 bits per heavy atom. The van der Waals surface area contributed by atoms with Crippen molar-refractivity contribution < 1.29 is 4.74 Å². The van der Waals surface area contributed by atoms with Gasteiger partial charge in [-0.3, -0.25) is 0 Å². The summed E-state index contributed by atoms with van der Waals surface area (Å²) in [6.07, 6.45) is 0. The smallest absolute Gasteiger partial charge is 0.193 e. The second kappa shape index (κ2) is 6.11. The van der Waals surface area contributed by atoms with Crippen molar-refractivity contribution in [2.24, 2.45) is 4.99 Å². The fraction of sp³-hybridized carbons (Fsp3) is 0.286. The third-order valence-electron chi connectivity index (χ3n) is 5.13. The molecule has 0 atom stereocenters. The number of rotatable bonds is 0. The lowest BCUT2D eigenvalue weighted by molar-refractivity contribution is 0.216. The average Bonchev–Trinajstić information content (AvgIpc) is 2.92. The van der Waals surface area contributed by atoms with Crippen LogP contribution in [0.3, 0.4) is 0 Å². The highest BCUT2D eigenvalue weighted by Crippen LogP contribution is 2.46. The summed E-state index contributed by atoms with van der Waals surface area (Å²) in [5, 5.41) is 2.18. The van der Waals surface area contributed by atoms with Crippen LogP contribution in [0.2, 0.25) is 0 Å². The maximum absolute atomic E-state index is 6.38. The van der Waals surface area contributed by atoms with E-state index in [0.29, 0.717) is 0 Å². The second-order valence-corrected chi connectivity index (χ2v) is 8.07. The number of fused-ring (bicyclic) bond motifs is 4. The van der Waals surface area contributed by atoms with Gasteiger partial charge in [-0.05, 0) is 37.7 Å². The van der Waals surface area contributed by atoms with Crippen LogP contribution < -0.4 is 4.74 Å². The minimum absolute atomic E-state index is 0.849. The molecule has 3 aromatic rings. The Labute approximate surface area is 157 Å². The lowest BCUT2D eigenvalue weighted by Crippen LogP contribution is -2.47. The SMILES string of the molecule is Cc1ccc2c(c1)Oc1sc3ccccc3c1C(N1CCN(C)CC1)=N2. The van der Waals surface area contributed by atoms with Crippen molar-refractivity contribution in [1.82, 2.24) is 9.80 Å². The third-order valence-corrected chi connectivity index (χ3v) is 6.18. The molecule has 0 unspecified atom stereocenters. The molecule has 1 fully saturated rings. The van der Waals surface area contributed by atoms with Gasteiger partial charge in [0.2, 0.25) is 0 Å². The third kappa shape index (κ3) is 2.59. The number of aliphatic imine (C=N–C) groups is 1. The predicted octanol–water partition coefficient (Wildman–Crippen LogP) is 4.64. The van der Waals surface area contributed by atoms with Crippen molar-refractivity contribution in [2.45, 2.75) is 6.92 Å². The molecule has 2 aromatic carbocycles. The van der Waals surface area contributed by atoms with E-state index in [4.69, 9.17) is 9.73 Å². The molecule has 5 rings (SSSR count). The summed E-state index contributed by atoms with van der Waals surface area (Å²) >= 11 is 1.71. The summed E-state index contributed by atoms with van der Waals surface area (Å²) in [4.78, 5) is 9.88. The summed E-state index contributed by atoms with van der Waals surface area (Å²) in [6, 6.07) is 14.8. The zero-order valence-corrected chi connectivity index (χ0v) is 15.8. The molecular formula is C21H21N3OS. The fourth-order valence-electron chi connectivity index (χ4n) is 3.62. The number of aryl methyl sites for hydroxylation is 1. The van der Waals surface area contributed by atoms with Crippen LogP contribution in [-0.4, -0.2) is 48.9 Å². The van der Waals surface area contributed by atoms with Crippen molar-refractivity contribution >= 4 is 32.9 Å². The standard InChI is InChI=1S/C21H21N3OS/c1-14-7-8-16-17(13-14)25-21-19(15-5-3-4-6-18(15)26-21)20(22-16)24-11-9-23(2)10-12-24/h3-8,13H,9-12H2,1-2H3. The van der Waals surface area contributed by atoms with Crippen molar-refractivity contribution in [3.05, 3.63) is 53.6 Å². The van der Waals surface area contributed by atoms with Gasteiger partial charge in [0.15, 0.2) is 10.8 Å². The van der Waals surface area contributed by atoms with E-state index < -0.39 is 0 Å². The maximum atomic E-state index is 6.38. The Balaban J connectivity index is 1.72. The van der Waals surface area contributed by atoms with Crippen LogP contribution >= 0.6 is 11.3 Å². The Kier molecular flexibility index (Phi) is 3.72. The molecule has 4 nitrogen and oxygen atoms in total. The van der Waals surface area contributed by atoms with E-state index in [1.165, 1.54) is 15.6 Å². The lowest BCUT2D eigenvalue weighted by atomic mass is 10.1. The molecule has 1 saturated heterocycles. The molecule has 0 saturated carbocycles. The van der Waals surface area contributed by atoms with Crippen LogP contribution in [0.4, 0.5) is 5.69 Å². The van der Waals surface area contributed by atoms with E-state index in [2.05, 4.69) is 66.2 Å². The maximum Gasteiger partial charge on any atom is 0.193 e. The molecule has 132 valence electrons.